The molecule has 3 heterocycles. The van der Waals surface area contributed by atoms with E-state index in [1.54, 1.807) is 36.7 Å². The highest BCUT2D eigenvalue weighted by molar-refractivity contribution is 6.30. The van der Waals surface area contributed by atoms with Gasteiger partial charge in [-0.15, -0.1) is 0 Å². The summed E-state index contributed by atoms with van der Waals surface area (Å²) in [5, 5.41) is 11.3. The summed E-state index contributed by atoms with van der Waals surface area (Å²) in [6.07, 6.45) is -5.85. The monoisotopic (exact) mass is 512 g/mol. The second kappa shape index (κ2) is 8.59. The number of hydrogen-bond acceptors (Lipinski definition) is 4. The van der Waals surface area contributed by atoms with Gasteiger partial charge in [-0.25, -0.2) is 9.50 Å². The molecule has 1 aromatic carbocycles. The molecule has 7 nitrogen and oxygen atoms in total. The Kier molecular flexibility index (Phi) is 6.04. The predicted octanol–water partition coefficient (Wildman–Crippen LogP) is 5.46. The molecule has 4 aromatic rings. The second-order valence-corrected chi connectivity index (χ2v) is 8.38. The molecule has 0 aliphatic carbocycles. The standard InChI is InChI=1S/C22H18ClF5N6O/c1-11-7-17(21(24,25)22(26,27)28)34-18(29-11)9-16(32-34)20(35)30-19-12(2)31-33(13(19)3)10-14-5-4-6-15(23)8-14/h4-9H,10H2,1-3H3,(H,30,35). The fourth-order valence-electron chi connectivity index (χ4n) is 3.60. The summed E-state index contributed by atoms with van der Waals surface area (Å²) in [5.74, 6) is -6.02. The minimum Gasteiger partial charge on any atom is -0.317 e. The number of carbonyl (C=O) groups excluding carboxylic acids is 1. The van der Waals surface area contributed by atoms with E-state index in [4.69, 9.17) is 11.6 Å². The Bertz CT molecular complexity index is 1440. The van der Waals surface area contributed by atoms with Crippen LogP contribution in [0.5, 0.6) is 0 Å². The summed E-state index contributed by atoms with van der Waals surface area (Å²) < 4.78 is 69.2. The summed E-state index contributed by atoms with van der Waals surface area (Å²) in [4.78, 5) is 16.8. The summed E-state index contributed by atoms with van der Waals surface area (Å²) >= 11 is 6.02. The lowest BCUT2D eigenvalue weighted by molar-refractivity contribution is -0.291. The molecule has 1 amide bonds. The van der Waals surface area contributed by atoms with Gasteiger partial charge in [0.25, 0.3) is 5.91 Å². The normalized spacial score (nSPS) is 12.4. The summed E-state index contributed by atoms with van der Waals surface area (Å²) in [5.41, 5.74) is 0.0751. The minimum atomic E-state index is -5.85. The molecule has 0 aliphatic rings. The number of amides is 1. The highest BCUT2D eigenvalue weighted by atomic mass is 35.5. The van der Waals surface area contributed by atoms with Crippen molar-refractivity contribution < 1.29 is 26.7 Å². The molecule has 0 spiro atoms. The van der Waals surface area contributed by atoms with Crippen molar-refractivity contribution in [3.05, 3.63) is 75.5 Å². The third-order valence-electron chi connectivity index (χ3n) is 5.31. The summed E-state index contributed by atoms with van der Waals surface area (Å²) in [7, 11) is 0. The van der Waals surface area contributed by atoms with Crippen molar-refractivity contribution >= 4 is 28.8 Å². The smallest absolute Gasteiger partial charge is 0.317 e. The lowest BCUT2D eigenvalue weighted by Gasteiger charge is -2.20. The molecule has 35 heavy (non-hydrogen) atoms. The van der Waals surface area contributed by atoms with Gasteiger partial charge in [0.05, 0.1) is 23.6 Å². The molecule has 0 aliphatic heterocycles. The van der Waals surface area contributed by atoms with Crippen molar-refractivity contribution in [2.24, 2.45) is 0 Å². The topological polar surface area (TPSA) is 77.1 Å². The molecule has 0 bridgehead atoms. The van der Waals surface area contributed by atoms with Gasteiger partial charge in [0.2, 0.25) is 0 Å². The number of nitrogens with zero attached hydrogens (tertiary/aromatic N) is 5. The first-order chi connectivity index (χ1) is 16.3. The predicted molar refractivity (Wildman–Crippen MR) is 118 cm³/mol. The van der Waals surface area contributed by atoms with E-state index in [-0.39, 0.29) is 17.0 Å². The van der Waals surface area contributed by atoms with Crippen molar-refractivity contribution in [1.29, 1.82) is 0 Å². The van der Waals surface area contributed by atoms with Crippen LogP contribution in [0.15, 0.2) is 36.4 Å². The SMILES string of the molecule is Cc1cc(C(F)(F)C(F)(F)F)n2nc(C(=O)Nc3c(C)nn(Cc4cccc(Cl)c4)c3C)cc2n1. The maximum Gasteiger partial charge on any atom is 0.459 e. The minimum absolute atomic E-state index is 0.0859. The zero-order chi connectivity index (χ0) is 25.7. The zero-order valence-corrected chi connectivity index (χ0v) is 19.3. The average Bonchev–Trinajstić information content (AvgIpc) is 3.28. The lowest BCUT2D eigenvalue weighted by atomic mass is 10.2. The van der Waals surface area contributed by atoms with E-state index in [0.29, 0.717) is 39.2 Å². The van der Waals surface area contributed by atoms with Gasteiger partial charge < -0.3 is 5.32 Å². The molecule has 0 atom stereocenters. The van der Waals surface area contributed by atoms with Crippen molar-refractivity contribution in [1.82, 2.24) is 24.4 Å². The summed E-state index contributed by atoms with van der Waals surface area (Å²) in [6, 6.07) is 8.79. The van der Waals surface area contributed by atoms with E-state index in [2.05, 4.69) is 20.5 Å². The van der Waals surface area contributed by atoms with Crippen LogP contribution in [0.4, 0.5) is 27.6 Å². The molecule has 13 heteroatoms. The van der Waals surface area contributed by atoms with Crippen molar-refractivity contribution in [2.75, 3.05) is 5.32 Å². The average molecular weight is 513 g/mol. The number of nitrogens with one attached hydrogen (secondary N) is 1. The molecule has 4 rings (SSSR count). The molecular formula is C22H18ClF5N6O. The Balaban J connectivity index is 1.66. The van der Waals surface area contributed by atoms with Gasteiger partial charge in [0, 0.05) is 16.8 Å². The fourth-order valence-corrected chi connectivity index (χ4v) is 3.81. The number of carbonyl (C=O) groups is 1. The number of hydrogen-bond donors (Lipinski definition) is 1. The van der Waals surface area contributed by atoms with E-state index in [9.17, 15) is 26.7 Å². The quantitative estimate of drug-likeness (QED) is 0.360. The van der Waals surface area contributed by atoms with Gasteiger partial charge in [-0.3, -0.25) is 9.48 Å². The van der Waals surface area contributed by atoms with Crippen LogP contribution < -0.4 is 5.32 Å². The molecule has 0 fully saturated rings. The Labute approximate surface area is 200 Å². The maximum absolute atomic E-state index is 14.1. The van der Waals surface area contributed by atoms with Crippen LogP contribution in [0.25, 0.3) is 5.65 Å². The van der Waals surface area contributed by atoms with E-state index in [1.165, 1.54) is 6.92 Å². The van der Waals surface area contributed by atoms with Crippen LogP contribution in [-0.4, -0.2) is 36.5 Å². The Morgan fingerprint density at radius 2 is 1.77 bits per heavy atom. The first kappa shape index (κ1) is 24.6. The molecule has 1 N–H and O–H groups in total. The highest BCUT2D eigenvalue weighted by Crippen LogP contribution is 2.43. The summed E-state index contributed by atoms with van der Waals surface area (Å²) in [6.45, 7) is 5.02. The largest absolute Gasteiger partial charge is 0.459 e. The Morgan fingerprint density at radius 1 is 1.06 bits per heavy atom. The molecule has 3 aromatic heterocycles. The number of benzene rings is 1. The van der Waals surface area contributed by atoms with Crippen LogP contribution in [0, 0.1) is 20.8 Å². The maximum atomic E-state index is 14.1. The fraction of sp³-hybridized carbons (Fsp3) is 0.273. The van der Waals surface area contributed by atoms with Crippen LogP contribution in [0.1, 0.15) is 38.8 Å². The highest BCUT2D eigenvalue weighted by Gasteiger charge is 2.60. The number of fused-ring (bicyclic) bond motifs is 1. The molecular weight excluding hydrogens is 495 g/mol. The lowest BCUT2D eigenvalue weighted by Crippen LogP contribution is -2.36. The first-order valence-corrected chi connectivity index (χ1v) is 10.6. The van der Waals surface area contributed by atoms with Crippen molar-refractivity contribution in [3.63, 3.8) is 0 Å². The number of anilines is 1. The van der Waals surface area contributed by atoms with Gasteiger partial charge in [-0.1, -0.05) is 23.7 Å². The number of aromatic nitrogens is 5. The van der Waals surface area contributed by atoms with Gasteiger partial charge in [0.1, 0.15) is 5.69 Å². The molecule has 0 radical (unpaired) electrons. The van der Waals surface area contributed by atoms with E-state index < -0.39 is 23.7 Å². The number of alkyl halides is 5. The first-order valence-electron chi connectivity index (χ1n) is 10.2. The molecule has 184 valence electrons. The van der Waals surface area contributed by atoms with Gasteiger partial charge >= 0.3 is 12.1 Å². The third-order valence-corrected chi connectivity index (χ3v) is 5.54. The van der Waals surface area contributed by atoms with Crippen LogP contribution >= 0.6 is 11.6 Å². The van der Waals surface area contributed by atoms with Crippen molar-refractivity contribution in [3.8, 4) is 0 Å². The Morgan fingerprint density at radius 3 is 2.43 bits per heavy atom. The van der Waals surface area contributed by atoms with Gasteiger partial charge in [0.15, 0.2) is 11.3 Å². The van der Waals surface area contributed by atoms with Gasteiger partial charge in [-0.2, -0.15) is 32.1 Å². The van der Waals surface area contributed by atoms with E-state index in [0.717, 1.165) is 11.6 Å². The Hall–Kier alpha value is -3.54. The van der Waals surface area contributed by atoms with Crippen LogP contribution in [0.3, 0.4) is 0 Å². The zero-order valence-electron chi connectivity index (χ0n) is 18.6. The third kappa shape index (κ3) is 4.57. The molecule has 0 saturated heterocycles. The van der Waals surface area contributed by atoms with E-state index in [1.807, 2.05) is 6.07 Å². The number of rotatable bonds is 5. The molecule has 0 saturated carbocycles. The van der Waals surface area contributed by atoms with Crippen molar-refractivity contribution in [2.45, 2.75) is 39.4 Å². The second-order valence-electron chi connectivity index (χ2n) is 7.94. The van der Waals surface area contributed by atoms with Crippen LogP contribution in [0.2, 0.25) is 5.02 Å². The molecule has 0 unspecified atom stereocenters. The van der Waals surface area contributed by atoms with Crippen LogP contribution in [-0.2, 0) is 12.5 Å². The number of halogens is 6. The van der Waals surface area contributed by atoms with E-state index >= 15 is 0 Å². The number of aryl methyl sites for hydroxylation is 2. The van der Waals surface area contributed by atoms with Gasteiger partial charge in [-0.05, 0) is 44.5 Å².